The molecule has 1 heterocycles. The van der Waals surface area contributed by atoms with Gasteiger partial charge in [0.1, 0.15) is 11.6 Å². The van der Waals surface area contributed by atoms with Crippen LogP contribution in [0.3, 0.4) is 0 Å². The van der Waals surface area contributed by atoms with Crippen LogP contribution in [0.2, 0.25) is 0 Å². The fourth-order valence-corrected chi connectivity index (χ4v) is 1.51. The normalized spacial score (nSPS) is 10.2. The topological polar surface area (TPSA) is 37.8 Å². The lowest BCUT2D eigenvalue weighted by Gasteiger charge is -2.04. The number of halogens is 1. The van der Waals surface area contributed by atoms with Crippen LogP contribution in [-0.4, -0.2) is 17.0 Å². The Hall–Kier alpha value is -1.97. The summed E-state index contributed by atoms with van der Waals surface area (Å²) in [6, 6.07) is 4.82. The summed E-state index contributed by atoms with van der Waals surface area (Å²) < 4.78 is 13.2. The molecule has 0 aliphatic heterocycles. The van der Waals surface area contributed by atoms with Crippen LogP contribution >= 0.6 is 0 Å². The minimum atomic E-state index is -0.258. The van der Waals surface area contributed by atoms with Crippen LogP contribution in [-0.2, 0) is 0 Å². The third-order valence-electron chi connectivity index (χ3n) is 2.23. The van der Waals surface area contributed by atoms with E-state index in [1.165, 1.54) is 12.1 Å². The molecule has 0 unspecified atom stereocenters. The molecule has 1 aromatic carbocycles. The number of nitrogens with one attached hydrogen (secondary N) is 1. The van der Waals surface area contributed by atoms with E-state index in [1.54, 1.807) is 19.4 Å². The van der Waals surface area contributed by atoms with Gasteiger partial charge in [-0.25, -0.2) is 9.37 Å². The molecule has 0 aliphatic rings. The highest BCUT2D eigenvalue weighted by Crippen LogP contribution is 2.20. The summed E-state index contributed by atoms with van der Waals surface area (Å²) in [5.74, 6) is 0.408. The number of rotatable bonds is 2. The van der Waals surface area contributed by atoms with E-state index < -0.39 is 0 Å². The Morgan fingerprint density at radius 1 is 1.19 bits per heavy atom. The predicted molar refractivity (Wildman–Crippen MR) is 61.7 cm³/mol. The van der Waals surface area contributed by atoms with Crippen molar-refractivity contribution in [3.63, 3.8) is 0 Å². The molecule has 0 radical (unpaired) electrons. The van der Waals surface area contributed by atoms with Gasteiger partial charge >= 0.3 is 0 Å². The first-order valence-electron chi connectivity index (χ1n) is 4.96. The molecule has 0 spiro atoms. The van der Waals surface area contributed by atoms with Crippen molar-refractivity contribution in [3.8, 4) is 11.3 Å². The van der Waals surface area contributed by atoms with E-state index in [4.69, 9.17) is 0 Å². The van der Waals surface area contributed by atoms with Gasteiger partial charge in [0.25, 0.3) is 0 Å². The van der Waals surface area contributed by atoms with Gasteiger partial charge in [-0.15, -0.1) is 0 Å². The van der Waals surface area contributed by atoms with Gasteiger partial charge in [-0.3, -0.25) is 4.98 Å². The van der Waals surface area contributed by atoms with Gasteiger partial charge in [-0.05, 0) is 30.7 Å². The van der Waals surface area contributed by atoms with Crippen molar-refractivity contribution in [2.75, 3.05) is 12.4 Å². The Bertz CT molecular complexity index is 491. The maximum absolute atomic E-state index is 13.2. The molecule has 1 aromatic heterocycles. The average molecular weight is 217 g/mol. The zero-order valence-corrected chi connectivity index (χ0v) is 9.16. The number of anilines is 1. The maximum Gasteiger partial charge on any atom is 0.144 e. The molecular formula is C12H12FN3. The first kappa shape index (κ1) is 10.5. The fraction of sp³-hybridized carbons (Fsp3) is 0.167. The highest BCUT2D eigenvalue weighted by atomic mass is 19.1. The van der Waals surface area contributed by atoms with Gasteiger partial charge in [0.05, 0.1) is 18.1 Å². The van der Waals surface area contributed by atoms with Crippen LogP contribution in [0.4, 0.5) is 10.2 Å². The van der Waals surface area contributed by atoms with E-state index in [9.17, 15) is 4.39 Å². The van der Waals surface area contributed by atoms with Crippen LogP contribution in [0.1, 0.15) is 5.56 Å². The summed E-state index contributed by atoms with van der Waals surface area (Å²) in [7, 11) is 1.77. The molecule has 0 fully saturated rings. The van der Waals surface area contributed by atoms with Gasteiger partial charge in [0.2, 0.25) is 0 Å². The number of hydrogen-bond acceptors (Lipinski definition) is 3. The standard InChI is InChI=1S/C12H12FN3/c1-8-3-9(5-10(13)4-8)11-6-15-7-12(14-2)16-11/h3-7H,1-2H3,(H,14,16). The molecule has 1 N–H and O–H groups in total. The predicted octanol–water partition coefficient (Wildman–Crippen LogP) is 2.63. The second kappa shape index (κ2) is 4.26. The molecular weight excluding hydrogens is 205 g/mol. The Balaban J connectivity index is 2.49. The molecule has 0 saturated carbocycles. The van der Waals surface area contributed by atoms with E-state index >= 15 is 0 Å². The Morgan fingerprint density at radius 3 is 2.69 bits per heavy atom. The summed E-state index contributed by atoms with van der Waals surface area (Å²) in [6.07, 6.45) is 3.24. The molecule has 82 valence electrons. The number of hydrogen-bond donors (Lipinski definition) is 1. The molecule has 0 aliphatic carbocycles. The van der Waals surface area contributed by atoms with E-state index in [0.29, 0.717) is 11.5 Å². The molecule has 0 atom stereocenters. The van der Waals surface area contributed by atoms with E-state index in [-0.39, 0.29) is 5.82 Å². The summed E-state index contributed by atoms with van der Waals surface area (Å²) in [5.41, 5.74) is 2.27. The summed E-state index contributed by atoms with van der Waals surface area (Å²) in [5, 5.41) is 2.90. The molecule has 0 saturated heterocycles. The van der Waals surface area contributed by atoms with Crippen molar-refractivity contribution in [1.29, 1.82) is 0 Å². The average Bonchev–Trinajstić information content (AvgIpc) is 2.28. The maximum atomic E-state index is 13.2. The lowest BCUT2D eigenvalue weighted by Crippen LogP contribution is -1.95. The van der Waals surface area contributed by atoms with E-state index in [2.05, 4.69) is 15.3 Å². The van der Waals surface area contributed by atoms with E-state index in [1.807, 2.05) is 13.0 Å². The van der Waals surface area contributed by atoms with Crippen molar-refractivity contribution in [1.82, 2.24) is 9.97 Å². The number of aryl methyl sites for hydroxylation is 1. The van der Waals surface area contributed by atoms with Gasteiger partial charge in [-0.1, -0.05) is 0 Å². The van der Waals surface area contributed by atoms with Crippen molar-refractivity contribution >= 4 is 5.82 Å². The van der Waals surface area contributed by atoms with Crippen LogP contribution < -0.4 is 5.32 Å². The van der Waals surface area contributed by atoms with Gasteiger partial charge in [-0.2, -0.15) is 0 Å². The lowest BCUT2D eigenvalue weighted by molar-refractivity contribution is 0.627. The second-order valence-corrected chi connectivity index (χ2v) is 3.56. The van der Waals surface area contributed by atoms with Crippen LogP contribution in [0.25, 0.3) is 11.3 Å². The molecule has 2 aromatic rings. The highest BCUT2D eigenvalue weighted by Gasteiger charge is 2.03. The third-order valence-corrected chi connectivity index (χ3v) is 2.23. The summed E-state index contributed by atoms with van der Waals surface area (Å²) in [4.78, 5) is 8.35. The van der Waals surface area contributed by atoms with Crippen LogP contribution in [0.5, 0.6) is 0 Å². The van der Waals surface area contributed by atoms with E-state index in [0.717, 1.165) is 11.1 Å². The minimum Gasteiger partial charge on any atom is -0.372 e. The molecule has 0 amide bonds. The van der Waals surface area contributed by atoms with Gasteiger partial charge in [0, 0.05) is 12.6 Å². The summed E-state index contributed by atoms with van der Waals surface area (Å²) >= 11 is 0. The Kier molecular flexibility index (Phi) is 2.81. The van der Waals surface area contributed by atoms with Crippen molar-refractivity contribution in [2.24, 2.45) is 0 Å². The third kappa shape index (κ3) is 2.16. The number of aromatic nitrogens is 2. The molecule has 16 heavy (non-hydrogen) atoms. The summed E-state index contributed by atoms with van der Waals surface area (Å²) in [6.45, 7) is 1.85. The minimum absolute atomic E-state index is 0.258. The first-order chi connectivity index (χ1) is 7.69. The lowest BCUT2D eigenvalue weighted by atomic mass is 10.1. The quantitative estimate of drug-likeness (QED) is 0.840. The van der Waals surface area contributed by atoms with Crippen LogP contribution in [0, 0.1) is 12.7 Å². The largest absolute Gasteiger partial charge is 0.372 e. The fourth-order valence-electron chi connectivity index (χ4n) is 1.51. The molecule has 3 nitrogen and oxygen atoms in total. The zero-order valence-electron chi connectivity index (χ0n) is 9.16. The van der Waals surface area contributed by atoms with Gasteiger partial charge in [0.15, 0.2) is 0 Å². The molecule has 4 heteroatoms. The zero-order chi connectivity index (χ0) is 11.5. The number of nitrogens with zero attached hydrogens (tertiary/aromatic N) is 2. The van der Waals surface area contributed by atoms with Gasteiger partial charge < -0.3 is 5.32 Å². The smallest absolute Gasteiger partial charge is 0.144 e. The second-order valence-electron chi connectivity index (χ2n) is 3.56. The highest BCUT2D eigenvalue weighted by molar-refractivity contribution is 5.60. The SMILES string of the molecule is CNc1cncc(-c2cc(C)cc(F)c2)n1. The van der Waals surface area contributed by atoms with Crippen LogP contribution in [0.15, 0.2) is 30.6 Å². The van der Waals surface area contributed by atoms with Crippen molar-refractivity contribution < 1.29 is 4.39 Å². The molecule has 0 bridgehead atoms. The first-order valence-corrected chi connectivity index (χ1v) is 4.96. The van der Waals surface area contributed by atoms with Crippen molar-refractivity contribution in [3.05, 3.63) is 42.0 Å². The van der Waals surface area contributed by atoms with Crippen molar-refractivity contribution in [2.45, 2.75) is 6.92 Å². The Labute approximate surface area is 93.4 Å². The monoisotopic (exact) mass is 217 g/mol. The Morgan fingerprint density at radius 2 is 2.00 bits per heavy atom. The number of benzene rings is 1. The molecule has 2 rings (SSSR count).